The van der Waals surface area contributed by atoms with Crippen molar-refractivity contribution in [3.63, 3.8) is 0 Å². The lowest BCUT2D eigenvalue weighted by molar-refractivity contribution is 0.0698. The number of anilines is 1. The normalized spacial score (nSPS) is 10.5. The maximum Gasteiger partial charge on any atom is 0.337 e. The van der Waals surface area contributed by atoms with Gasteiger partial charge in [-0.25, -0.2) is 9.18 Å². The Hall–Kier alpha value is -2.36. The molecule has 3 nitrogen and oxygen atoms in total. The molecule has 2 N–H and O–H groups in total. The van der Waals surface area contributed by atoms with Gasteiger partial charge >= 0.3 is 5.97 Å². The lowest BCUT2D eigenvalue weighted by Gasteiger charge is -2.14. The summed E-state index contributed by atoms with van der Waals surface area (Å²) in [6, 6.07) is 8.69. The number of rotatable bonds is 4. The third-order valence-electron chi connectivity index (χ3n) is 3.47. The molecule has 0 aromatic heterocycles. The van der Waals surface area contributed by atoms with E-state index in [1.807, 2.05) is 13.0 Å². The highest BCUT2D eigenvalue weighted by Crippen LogP contribution is 2.22. The molecule has 0 saturated carbocycles. The number of carboxylic acid groups (broad SMARTS) is 1. The fraction of sp³-hybridized carbons (Fsp3) is 0.235. The lowest BCUT2D eigenvalue weighted by atomic mass is 10.0. The molecule has 110 valence electrons. The Morgan fingerprint density at radius 1 is 1.14 bits per heavy atom. The molecule has 4 heteroatoms. The highest BCUT2D eigenvalue weighted by atomic mass is 19.1. The molecular formula is C17H18FNO2. The second-order valence-corrected chi connectivity index (χ2v) is 5.20. The van der Waals surface area contributed by atoms with Gasteiger partial charge in [-0.2, -0.15) is 0 Å². The Balaban J connectivity index is 2.27. The third kappa shape index (κ3) is 3.21. The number of hydrogen-bond donors (Lipinski definition) is 2. The number of aryl methyl sites for hydroxylation is 3. The minimum atomic E-state index is -0.965. The molecule has 21 heavy (non-hydrogen) atoms. The second kappa shape index (κ2) is 5.95. The molecule has 2 aromatic rings. The maximum atomic E-state index is 13.6. The Labute approximate surface area is 123 Å². The number of carbonyl (C=O) groups is 1. The van der Waals surface area contributed by atoms with Crippen LogP contribution in [-0.2, 0) is 6.54 Å². The first-order valence-electron chi connectivity index (χ1n) is 6.72. The number of carboxylic acids is 1. The SMILES string of the molecule is Cc1cc(CNc2c(C)cccc2C(=O)O)cc(C)c1F. The monoisotopic (exact) mass is 287 g/mol. The molecule has 0 aliphatic carbocycles. The minimum absolute atomic E-state index is 0.194. The van der Waals surface area contributed by atoms with E-state index in [0.29, 0.717) is 23.4 Å². The predicted molar refractivity (Wildman–Crippen MR) is 81.3 cm³/mol. The van der Waals surface area contributed by atoms with Gasteiger partial charge < -0.3 is 10.4 Å². The van der Waals surface area contributed by atoms with Crippen LogP contribution in [0.2, 0.25) is 0 Å². The molecule has 0 saturated heterocycles. The van der Waals surface area contributed by atoms with Crippen LogP contribution >= 0.6 is 0 Å². The van der Waals surface area contributed by atoms with E-state index >= 15 is 0 Å². The van der Waals surface area contributed by atoms with Crippen LogP contribution < -0.4 is 5.32 Å². The molecule has 0 bridgehead atoms. The van der Waals surface area contributed by atoms with Crippen molar-refractivity contribution in [3.05, 3.63) is 64.0 Å². The van der Waals surface area contributed by atoms with Crippen LogP contribution in [0.4, 0.5) is 10.1 Å². The number of nitrogens with one attached hydrogen (secondary N) is 1. The van der Waals surface area contributed by atoms with E-state index in [9.17, 15) is 14.3 Å². The molecule has 0 radical (unpaired) electrons. The number of benzene rings is 2. The average Bonchev–Trinajstić information content (AvgIpc) is 2.42. The average molecular weight is 287 g/mol. The van der Waals surface area contributed by atoms with E-state index in [2.05, 4.69) is 5.32 Å². The van der Waals surface area contributed by atoms with Crippen molar-refractivity contribution >= 4 is 11.7 Å². The van der Waals surface area contributed by atoms with Crippen molar-refractivity contribution < 1.29 is 14.3 Å². The fourth-order valence-electron chi connectivity index (χ4n) is 2.41. The molecule has 2 rings (SSSR count). The Morgan fingerprint density at radius 3 is 2.33 bits per heavy atom. The van der Waals surface area contributed by atoms with Crippen molar-refractivity contribution in [2.45, 2.75) is 27.3 Å². The van der Waals surface area contributed by atoms with E-state index in [-0.39, 0.29) is 11.4 Å². The van der Waals surface area contributed by atoms with Crippen molar-refractivity contribution in [2.24, 2.45) is 0 Å². The molecule has 0 fully saturated rings. The van der Waals surface area contributed by atoms with Crippen LogP contribution in [0.15, 0.2) is 30.3 Å². The number of para-hydroxylation sites is 1. The standard InChI is InChI=1S/C17H18FNO2/c1-10-5-4-6-14(17(20)21)16(10)19-9-13-7-11(2)15(18)12(3)8-13/h4-8,19H,9H2,1-3H3,(H,20,21). The van der Waals surface area contributed by atoms with Crippen LogP contribution in [0.5, 0.6) is 0 Å². The summed E-state index contributed by atoms with van der Waals surface area (Å²) >= 11 is 0. The van der Waals surface area contributed by atoms with Gasteiger partial charge in [0.1, 0.15) is 5.82 Å². The zero-order valence-electron chi connectivity index (χ0n) is 12.3. The number of hydrogen-bond acceptors (Lipinski definition) is 2. The van der Waals surface area contributed by atoms with Gasteiger partial charge in [-0.15, -0.1) is 0 Å². The summed E-state index contributed by atoms with van der Waals surface area (Å²) in [6.45, 7) is 5.76. The summed E-state index contributed by atoms with van der Waals surface area (Å²) in [5.74, 6) is -1.16. The molecule has 0 unspecified atom stereocenters. The van der Waals surface area contributed by atoms with E-state index < -0.39 is 5.97 Å². The van der Waals surface area contributed by atoms with Crippen LogP contribution in [0.25, 0.3) is 0 Å². The molecular weight excluding hydrogens is 269 g/mol. The number of halogens is 1. The summed E-state index contributed by atoms with van der Waals surface area (Å²) in [5, 5.41) is 12.4. The summed E-state index contributed by atoms with van der Waals surface area (Å²) in [5.41, 5.74) is 3.82. The summed E-state index contributed by atoms with van der Waals surface area (Å²) in [4.78, 5) is 11.2. The van der Waals surface area contributed by atoms with E-state index in [1.165, 1.54) is 0 Å². The summed E-state index contributed by atoms with van der Waals surface area (Å²) < 4.78 is 13.6. The minimum Gasteiger partial charge on any atom is -0.478 e. The maximum absolute atomic E-state index is 13.6. The zero-order valence-corrected chi connectivity index (χ0v) is 12.3. The second-order valence-electron chi connectivity index (χ2n) is 5.20. The van der Waals surface area contributed by atoms with E-state index in [0.717, 1.165) is 11.1 Å². The molecule has 0 aliphatic heterocycles. The van der Waals surface area contributed by atoms with Gasteiger partial charge in [0, 0.05) is 6.54 Å². The van der Waals surface area contributed by atoms with Gasteiger partial charge in [-0.1, -0.05) is 24.3 Å². The van der Waals surface area contributed by atoms with Crippen molar-refractivity contribution in [1.29, 1.82) is 0 Å². The van der Waals surface area contributed by atoms with Crippen molar-refractivity contribution in [2.75, 3.05) is 5.32 Å². The largest absolute Gasteiger partial charge is 0.478 e. The third-order valence-corrected chi connectivity index (χ3v) is 3.47. The van der Waals surface area contributed by atoms with Crippen LogP contribution in [0, 0.1) is 26.6 Å². The van der Waals surface area contributed by atoms with Crippen LogP contribution in [0.3, 0.4) is 0 Å². The van der Waals surface area contributed by atoms with Gasteiger partial charge in [0.25, 0.3) is 0 Å². The highest BCUT2D eigenvalue weighted by molar-refractivity contribution is 5.95. The smallest absolute Gasteiger partial charge is 0.337 e. The lowest BCUT2D eigenvalue weighted by Crippen LogP contribution is -2.08. The van der Waals surface area contributed by atoms with Gasteiger partial charge in [0.15, 0.2) is 0 Å². The molecule has 0 amide bonds. The van der Waals surface area contributed by atoms with Gasteiger partial charge in [-0.3, -0.25) is 0 Å². The predicted octanol–water partition coefficient (Wildman–Crippen LogP) is 4.06. The van der Waals surface area contributed by atoms with Gasteiger partial charge in [0.05, 0.1) is 11.3 Å². The zero-order chi connectivity index (χ0) is 15.6. The molecule has 0 spiro atoms. The Kier molecular flexibility index (Phi) is 4.26. The van der Waals surface area contributed by atoms with E-state index in [4.69, 9.17) is 0 Å². The Morgan fingerprint density at radius 2 is 1.76 bits per heavy atom. The molecule has 0 atom stereocenters. The summed E-state index contributed by atoms with van der Waals surface area (Å²) in [7, 11) is 0. The first kappa shape index (κ1) is 15.0. The first-order valence-corrected chi connectivity index (χ1v) is 6.72. The summed E-state index contributed by atoms with van der Waals surface area (Å²) in [6.07, 6.45) is 0. The highest BCUT2D eigenvalue weighted by Gasteiger charge is 2.12. The van der Waals surface area contributed by atoms with Crippen LogP contribution in [0.1, 0.15) is 32.6 Å². The molecule has 0 heterocycles. The van der Waals surface area contributed by atoms with Crippen LogP contribution in [-0.4, -0.2) is 11.1 Å². The van der Waals surface area contributed by atoms with Crippen molar-refractivity contribution in [3.8, 4) is 0 Å². The van der Waals surface area contributed by atoms with Gasteiger partial charge in [0.2, 0.25) is 0 Å². The van der Waals surface area contributed by atoms with Gasteiger partial charge in [-0.05, 0) is 49.1 Å². The van der Waals surface area contributed by atoms with Crippen molar-refractivity contribution in [1.82, 2.24) is 0 Å². The molecule has 2 aromatic carbocycles. The fourth-order valence-corrected chi connectivity index (χ4v) is 2.41. The topological polar surface area (TPSA) is 49.3 Å². The number of aromatic carboxylic acids is 1. The first-order chi connectivity index (χ1) is 9.90. The molecule has 0 aliphatic rings. The quantitative estimate of drug-likeness (QED) is 0.891. The van der Waals surface area contributed by atoms with E-state index in [1.54, 1.807) is 38.1 Å². The Bertz CT molecular complexity index is 672.